The van der Waals surface area contributed by atoms with Crippen LogP contribution in [0.25, 0.3) is 0 Å². The summed E-state index contributed by atoms with van der Waals surface area (Å²) in [5, 5.41) is 7.86. The molecule has 0 aliphatic rings. The molecule has 0 atom stereocenters. The Bertz CT molecular complexity index is 29.0. The minimum atomic E-state index is 0.167. The van der Waals surface area contributed by atoms with E-state index in [1.807, 2.05) is 0 Å². The summed E-state index contributed by atoms with van der Waals surface area (Å²) in [6, 6.07) is 0. The molecule has 0 aliphatic heterocycles. The predicted octanol–water partition coefficient (Wildman–Crippen LogP) is 0.0555. The van der Waals surface area contributed by atoms with Crippen LogP contribution in [0.5, 0.6) is 0 Å². The molecule has 1 N–H and O–H groups in total. The van der Waals surface area contributed by atoms with Gasteiger partial charge in [-0.1, -0.05) is 0 Å². The van der Waals surface area contributed by atoms with Crippen LogP contribution < -0.4 is 0 Å². The van der Waals surface area contributed by atoms with Crippen LogP contribution in [0.1, 0.15) is 6.92 Å². The molecule has 0 radical (unpaired) electrons. The first-order valence-corrected chi connectivity index (χ1v) is 1.45. The van der Waals surface area contributed by atoms with E-state index in [-0.39, 0.29) is 4.60 Å². The quantitative estimate of drug-likeness (QED) is 0.426. The van der Waals surface area contributed by atoms with Gasteiger partial charge in [0, 0.05) is 0 Å². The number of aliphatic hydroxyl groups is 1. The topological polar surface area (TPSA) is 20.2 Å². The second kappa shape index (κ2) is 1.65. The molecule has 0 aromatic rings. The molecule has 0 spiro atoms. The maximum absolute atomic E-state index is 7.86. The van der Waals surface area contributed by atoms with Gasteiger partial charge in [0.25, 0.3) is 0 Å². The van der Waals surface area contributed by atoms with Crippen LogP contribution in [-0.2, 0) is 15.6 Å². The van der Waals surface area contributed by atoms with Crippen LogP contribution in [0.15, 0.2) is 0 Å². The summed E-state index contributed by atoms with van der Waals surface area (Å²) in [7, 11) is 0. The van der Waals surface area contributed by atoms with E-state index >= 15 is 0 Å². The minimum absolute atomic E-state index is 0.167. The van der Waals surface area contributed by atoms with Crippen molar-refractivity contribution in [2.75, 3.05) is 0 Å². The van der Waals surface area contributed by atoms with E-state index in [2.05, 4.69) is 15.6 Å². The fraction of sp³-hybridized carbons (Fsp3) is 0.500. The van der Waals surface area contributed by atoms with Gasteiger partial charge in [-0.3, -0.25) is 0 Å². The SMILES string of the molecule is C[C](O)=[Fe+]. The van der Waals surface area contributed by atoms with E-state index in [0.717, 1.165) is 0 Å². The van der Waals surface area contributed by atoms with E-state index in [1.165, 1.54) is 6.92 Å². The zero-order valence-electron chi connectivity index (χ0n) is 2.30. The second-order valence-corrected chi connectivity index (χ2v) is 1.28. The van der Waals surface area contributed by atoms with E-state index in [4.69, 9.17) is 5.11 Å². The number of aliphatic hydroxyl groups excluding tert-OH is 1. The summed E-state index contributed by atoms with van der Waals surface area (Å²) in [5.41, 5.74) is 0. The number of hydrogen-bond acceptors (Lipinski definition) is 1. The second-order valence-electron chi connectivity index (χ2n) is 0.479. The molecule has 0 fully saturated rings. The summed E-state index contributed by atoms with van der Waals surface area (Å²) >= 11 is 3.11. The van der Waals surface area contributed by atoms with E-state index in [1.54, 1.807) is 0 Å². The molecule has 0 aromatic heterocycles. The molecule has 4 heavy (non-hydrogen) atoms. The van der Waals surface area contributed by atoms with E-state index in [0.29, 0.717) is 0 Å². The molecule has 0 aromatic carbocycles. The summed E-state index contributed by atoms with van der Waals surface area (Å²) in [6.45, 7) is 1.53. The number of hydrogen-bond donors (Lipinski definition) is 1. The molecule has 25 valence electrons. The van der Waals surface area contributed by atoms with Crippen LogP contribution in [0.4, 0.5) is 0 Å². The van der Waals surface area contributed by atoms with Gasteiger partial charge in [0.1, 0.15) is 0 Å². The fourth-order valence-corrected chi connectivity index (χ4v) is 0. The van der Waals surface area contributed by atoms with Gasteiger partial charge >= 0.3 is 32.2 Å². The summed E-state index contributed by atoms with van der Waals surface area (Å²) in [6.07, 6.45) is 0. The van der Waals surface area contributed by atoms with Gasteiger partial charge in [-0.05, 0) is 0 Å². The van der Waals surface area contributed by atoms with Crippen molar-refractivity contribution in [1.82, 2.24) is 0 Å². The van der Waals surface area contributed by atoms with Gasteiger partial charge in [-0.25, -0.2) is 0 Å². The van der Waals surface area contributed by atoms with Crippen molar-refractivity contribution in [3.8, 4) is 0 Å². The van der Waals surface area contributed by atoms with Gasteiger partial charge in [-0.2, -0.15) is 0 Å². The zero-order valence-corrected chi connectivity index (χ0v) is 3.40. The summed E-state index contributed by atoms with van der Waals surface area (Å²) < 4.78 is 0.167. The molecule has 0 rings (SSSR count). The molecule has 0 saturated carbocycles. The van der Waals surface area contributed by atoms with Crippen LogP contribution in [0.3, 0.4) is 0 Å². The van der Waals surface area contributed by atoms with Crippen LogP contribution in [-0.4, -0.2) is 9.71 Å². The van der Waals surface area contributed by atoms with Crippen molar-refractivity contribution >= 4 is 4.60 Å². The molecular formula is C2H4FeO+. The molecule has 1 nitrogen and oxygen atoms in total. The first kappa shape index (κ1) is 4.35. The Hall–Kier alpha value is 0.349. The molecular weight excluding hydrogens is 95.9 g/mol. The zero-order chi connectivity index (χ0) is 3.58. The van der Waals surface area contributed by atoms with Crippen molar-refractivity contribution in [3.05, 3.63) is 0 Å². The summed E-state index contributed by atoms with van der Waals surface area (Å²) in [5.74, 6) is 0. The van der Waals surface area contributed by atoms with Crippen LogP contribution in [0, 0.1) is 0 Å². The standard InChI is InChI=1S/C2H4O.Fe/c1-2-3;/h3H,1H3;/q;+1. The number of rotatable bonds is 0. The molecule has 0 unspecified atom stereocenters. The van der Waals surface area contributed by atoms with Crippen molar-refractivity contribution in [1.29, 1.82) is 0 Å². The molecule has 0 aliphatic carbocycles. The van der Waals surface area contributed by atoms with Crippen LogP contribution in [0.2, 0.25) is 0 Å². The Kier molecular flexibility index (Phi) is 1.79. The van der Waals surface area contributed by atoms with Crippen molar-refractivity contribution in [3.63, 3.8) is 0 Å². The van der Waals surface area contributed by atoms with Gasteiger partial charge in [0.15, 0.2) is 0 Å². The van der Waals surface area contributed by atoms with E-state index < -0.39 is 0 Å². The first-order chi connectivity index (χ1) is 1.73. The average Bonchev–Trinajstić information content (AvgIpc) is 0.811. The third-order valence-electron chi connectivity index (χ3n) is 0. The fourth-order valence-electron chi connectivity index (χ4n) is 0. The Morgan fingerprint density at radius 3 is 2.00 bits per heavy atom. The Labute approximate surface area is 33.0 Å². The third-order valence-corrected chi connectivity index (χ3v) is 0. The van der Waals surface area contributed by atoms with Crippen molar-refractivity contribution < 1.29 is 20.7 Å². The molecule has 0 bridgehead atoms. The van der Waals surface area contributed by atoms with Crippen molar-refractivity contribution in [2.24, 2.45) is 0 Å². The van der Waals surface area contributed by atoms with Gasteiger partial charge in [0.2, 0.25) is 0 Å². The molecule has 0 heterocycles. The molecule has 0 saturated heterocycles. The van der Waals surface area contributed by atoms with Crippen LogP contribution >= 0.6 is 0 Å². The van der Waals surface area contributed by atoms with Gasteiger partial charge < -0.3 is 0 Å². The molecule has 0 amide bonds. The first-order valence-electron chi connectivity index (χ1n) is 0.900. The maximum atomic E-state index is 7.86. The normalized spacial score (nSPS) is 6.50. The Morgan fingerprint density at radius 1 is 2.00 bits per heavy atom. The van der Waals surface area contributed by atoms with Gasteiger partial charge in [-0.15, -0.1) is 0 Å². The van der Waals surface area contributed by atoms with E-state index in [9.17, 15) is 0 Å². The third kappa shape index (κ3) is 35.0. The Morgan fingerprint density at radius 2 is 2.00 bits per heavy atom. The average molecular weight is 99.9 g/mol. The summed E-state index contributed by atoms with van der Waals surface area (Å²) in [4.78, 5) is 0. The predicted molar refractivity (Wildman–Crippen MR) is 12.6 cm³/mol. The van der Waals surface area contributed by atoms with Gasteiger partial charge in [0.05, 0.1) is 0 Å². The monoisotopic (exact) mass is 100.0 g/mol. The molecule has 2 heteroatoms. The van der Waals surface area contributed by atoms with Crippen molar-refractivity contribution in [2.45, 2.75) is 6.92 Å². The Balaban J connectivity index is 2.80.